The predicted molar refractivity (Wildman–Crippen MR) is 155 cm³/mol. The number of nitrogens with one attached hydrogen (secondary N) is 1. The van der Waals surface area contributed by atoms with Crippen LogP contribution in [0.4, 0.5) is 28.5 Å². The number of aromatic nitrogens is 3. The summed E-state index contributed by atoms with van der Waals surface area (Å²) < 4.78 is 68.3. The van der Waals surface area contributed by atoms with Gasteiger partial charge in [-0.1, -0.05) is 11.3 Å². The highest BCUT2D eigenvalue weighted by Gasteiger charge is 2.45. The van der Waals surface area contributed by atoms with Crippen LogP contribution in [0, 0.1) is 11.6 Å². The summed E-state index contributed by atoms with van der Waals surface area (Å²) in [7, 11) is 0. The third kappa shape index (κ3) is 4.53. The summed E-state index contributed by atoms with van der Waals surface area (Å²) in [5, 5.41) is 3.49. The van der Waals surface area contributed by atoms with Gasteiger partial charge in [-0.15, -0.1) is 0 Å². The lowest BCUT2D eigenvalue weighted by Crippen LogP contribution is -2.44. The quantitative estimate of drug-likeness (QED) is 0.288. The SMILES string of the molecule is CC(F)(F)c1cc2c(N3CCNCC3)nc(OCC34CCCN3CCC4)nc2c(F)c1-c1ccc(F)c2sc(N)nc12. The van der Waals surface area contributed by atoms with E-state index >= 15 is 13.2 Å². The normalized spacial score (nSPS) is 19.2. The van der Waals surface area contributed by atoms with Crippen LogP contribution in [-0.2, 0) is 5.92 Å². The van der Waals surface area contributed by atoms with E-state index in [0.29, 0.717) is 45.5 Å². The van der Waals surface area contributed by atoms with Gasteiger partial charge in [-0.25, -0.2) is 22.5 Å². The lowest BCUT2D eigenvalue weighted by atomic mass is 9.92. The Morgan fingerprint density at radius 2 is 1.79 bits per heavy atom. The first-order valence-corrected chi connectivity index (χ1v) is 15.1. The lowest BCUT2D eigenvalue weighted by molar-refractivity contribution is 0.0180. The number of benzene rings is 2. The van der Waals surface area contributed by atoms with Crippen LogP contribution in [0.1, 0.15) is 38.2 Å². The molecule has 7 rings (SSSR count). The minimum absolute atomic E-state index is 0.00664. The maximum Gasteiger partial charge on any atom is 0.319 e. The smallest absolute Gasteiger partial charge is 0.319 e. The lowest BCUT2D eigenvalue weighted by Gasteiger charge is -2.32. The first-order chi connectivity index (χ1) is 20.1. The number of fused-ring (bicyclic) bond motifs is 3. The molecule has 8 nitrogen and oxygen atoms in total. The fourth-order valence-corrected chi connectivity index (χ4v) is 7.60. The zero-order chi connectivity index (χ0) is 29.2. The van der Waals surface area contributed by atoms with Crippen molar-refractivity contribution in [2.24, 2.45) is 0 Å². The summed E-state index contributed by atoms with van der Waals surface area (Å²) in [6.45, 7) is 5.56. The summed E-state index contributed by atoms with van der Waals surface area (Å²) in [5.41, 5.74) is 4.72. The maximum atomic E-state index is 16.8. The molecule has 42 heavy (non-hydrogen) atoms. The molecule has 0 bridgehead atoms. The molecule has 0 aliphatic carbocycles. The van der Waals surface area contributed by atoms with Crippen LogP contribution in [0.3, 0.4) is 0 Å². The molecule has 2 aromatic heterocycles. The number of thiazole rings is 1. The fourth-order valence-electron chi connectivity index (χ4n) is 6.84. The highest BCUT2D eigenvalue weighted by molar-refractivity contribution is 7.22. The van der Waals surface area contributed by atoms with Crippen molar-refractivity contribution >= 4 is 43.4 Å². The van der Waals surface area contributed by atoms with Crippen LogP contribution >= 0.6 is 11.3 Å². The largest absolute Gasteiger partial charge is 0.461 e. The van der Waals surface area contributed by atoms with Crippen molar-refractivity contribution in [3.63, 3.8) is 0 Å². The number of ether oxygens (including phenoxy) is 1. The summed E-state index contributed by atoms with van der Waals surface area (Å²) in [6, 6.07) is 3.65. The average molecular weight is 602 g/mol. The van der Waals surface area contributed by atoms with Gasteiger partial charge in [-0.3, -0.25) is 4.90 Å². The second kappa shape index (κ2) is 10.2. The molecule has 4 aromatic rings. The van der Waals surface area contributed by atoms with Gasteiger partial charge in [-0.05, 0) is 57.0 Å². The molecule has 3 aliphatic rings. The molecule has 2 aromatic carbocycles. The summed E-state index contributed by atoms with van der Waals surface area (Å²) in [4.78, 5) is 17.7. The van der Waals surface area contributed by atoms with Crippen molar-refractivity contribution < 1.29 is 22.3 Å². The van der Waals surface area contributed by atoms with E-state index in [0.717, 1.165) is 56.2 Å². The van der Waals surface area contributed by atoms with Gasteiger partial charge in [0.1, 0.15) is 23.8 Å². The molecule has 0 spiro atoms. The molecule has 3 saturated heterocycles. The zero-order valence-electron chi connectivity index (χ0n) is 23.2. The van der Waals surface area contributed by atoms with E-state index in [1.807, 2.05) is 4.90 Å². The van der Waals surface area contributed by atoms with Crippen molar-refractivity contribution in [1.29, 1.82) is 0 Å². The van der Waals surface area contributed by atoms with Gasteiger partial charge in [0, 0.05) is 55.2 Å². The summed E-state index contributed by atoms with van der Waals surface area (Å²) >= 11 is 0.879. The summed E-state index contributed by atoms with van der Waals surface area (Å²) in [6.07, 6.45) is 4.20. The maximum absolute atomic E-state index is 16.8. The van der Waals surface area contributed by atoms with Crippen LogP contribution in [0.15, 0.2) is 18.2 Å². The van der Waals surface area contributed by atoms with E-state index in [2.05, 4.69) is 25.2 Å². The standard InChI is InChI=1S/C29H31F4N7OS/c1-28(32,33)18-14-17-22(21(31)20(18)16-4-5-19(30)24-23(16)36-26(34)42-24)37-27(38-25(17)39-12-8-35-9-13-39)41-15-29-6-2-10-40(29)11-3-7-29/h4-5,14,35H,2-3,6-13,15H2,1H3,(H2,34,36). The van der Waals surface area contributed by atoms with E-state index in [1.165, 1.54) is 12.1 Å². The van der Waals surface area contributed by atoms with Crippen molar-refractivity contribution in [1.82, 2.24) is 25.2 Å². The molecule has 3 fully saturated rings. The van der Waals surface area contributed by atoms with Crippen LogP contribution in [-0.4, -0.2) is 71.3 Å². The molecule has 0 atom stereocenters. The molecule has 3 aliphatic heterocycles. The fraction of sp³-hybridized carbons (Fsp3) is 0.483. The van der Waals surface area contributed by atoms with Gasteiger partial charge >= 0.3 is 6.01 Å². The number of rotatable bonds is 6. The van der Waals surface area contributed by atoms with E-state index in [-0.39, 0.29) is 43.4 Å². The Balaban J connectivity index is 1.43. The first kappa shape index (κ1) is 27.5. The van der Waals surface area contributed by atoms with Crippen LogP contribution in [0.2, 0.25) is 0 Å². The number of hydrogen-bond acceptors (Lipinski definition) is 9. The molecule has 5 heterocycles. The Hall–Kier alpha value is -3.29. The molecule has 0 unspecified atom stereocenters. The van der Waals surface area contributed by atoms with Gasteiger partial charge in [0.15, 0.2) is 10.9 Å². The number of alkyl halides is 2. The Kier molecular flexibility index (Phi) is 6.66. The van der Waals surface area contributed by atoms with Crippen molar-refractivity contribution in [2.45, 2.75) is 44.1 Å². The first-order valence-electron chi connectivity index (χ1n) is 14.3. The van der Waals surface area contributed by atoms with Gasteiger partial charge in [-0.2, -0.15) is 9.97 Å². The number of nitrogens with two attached hydrogens (primary N) is 1. The number of halogens is 4. The molecule has 222 valence electrons. The van der Waals surface area contributed by atoms with Gasteiger partial charge < -0.3 is 20.7 Å². The third-order valence-electron chi connectivity index (χ3n) is 8.84. The summed E-state index contributed by atoms with van der Waals surface area (Å²) in [5.74, 6) is -4.67. The molecule has 3 N–H and O–H groups in total. The Morgan fingerprint density at radius 3 is 2.50 bits per heavy atom. The van der Waals surface area contributed by atoms with E-state index in [9.17, 15) is 4.39 Å². The molecular weight excluding hydrogens is 570 g/mol. The molecule has 0 saturated carbocycles. The Bertz CT molecular complexity index is 1670. The minimum atomic E-state index is -3.45. The van der Waals surface area contributed by atoms with Gasteiger partial charge in [0.2, 0.25) is 0 Å². The van der Waals surface area contributed by atoms with E-state index in [4.69, 9.17) is 10.5 Å². The van der Waals surface area contributed by atoms with Crippen molar-refractivity contribution in [3.8, 4) is 17.1 Å². The molecule has 13 heteroatoms. The minimum Gasteiger partial charge on any atom is -0.461 e. The number of anilines is 2. The van der Waals surface area contributed by atoms with Crippen molar-refractivity contribution in [2.75, 3.05) is 56.5 Å². The number of piperazine rings is 1. The Morgan fingerprint density at radius 1 is 1.05 bits per heavy atom. The molecular formula is C29H31F4N7OS. The highest BCUT2D eigenvalue weighted by Crippen LogP contribution is 2.45. The number of nitrogen functional groups attached to an aromatic ring is 1. The van der Waals surface area contributed by atoms with E-state index in [1.54, 1.807) is 0 Å². The average Bonchev–Trinajstić information content (AvgIpc) is 3.66. The topological polar surface area (TPSA) is 92.4 Å². The predicted octanol–water partition coefficient (Wildman–Crippen LogP) is 5.30. The van der Waals surface area contributed by atoms with Gasteiger partial charge in [0.25, 0.3) is 5.92 Å². The molecule has 0 radical (unpaired) electrons. The third-order valence-corrected chi connectivity index (χ3v) is 9.74. The zero-order valence-corrected chi connectivity index (χ0v) is 24.0. The van der Waals surface area contributed by atoms with Crippen LogP contribution in [0.25, 0.3) is 32.2 Å². The van der Waals surface area contributed by atoms with E-state index < -0.39 is 28.7 Å². The number of nitrogens with zero attached hydrogens (tertiary/aromatic N) is 5. The Labute approximate surface area is 243 Å². The second-order valence-corrected chi connectivity index (χ2v) is 12.5. The van der Waals surface area contributed by atoms with Crippen LogP contribution < -0.4 is 20.7 Å². The second-order valence-electron chi connectivity index (χ2n) is 11.5. The van der Waals surface area contributed by atoms with Gasteiger partial charge in [0.05, 0.1) is 15.8 Å². The monoisotopic (exact) mass is 601 g/mol. The highest BCUT2D eigenvalue weighted by atomic mass is 32.1. The van der Waals surface area contributed by atoms with Crippen molar-refractivity contribution in [3.05, 3.63) is 35.4 Å². The van der Waals surface area contributed by atoms with Crippen LogP contribution in [0.5, 0.6) is 6.01 Å². The number of hydrogen-bond donors (Lipinski definition) is 2. The molecule has 0 amide bonds.